The van der Waals surface area contributed by atoms with Crippen LogP contribution in [0, 0.1) is 13.8 Å². The molecule has 1 N–H and O–H groups in total. The fraction of sp³-hybridized carbons (Fsp3) is 0.425. The summed E-state index contributed by atoms with van der Waals surface area (Å²) in [5.41, 5.74) is 5.89. The minimum atomic E-state index is -0.607. The van der Waals surface area contributed by atoms with Crippen LogP contribution in [0.25, 0.3) is 32.8 Å². The molecule has 10 nitrogen and oxygen atoms in total. The van der Waals surface area contributed by atoms with E-state index in [1.807, 2.05) is 70.5 Å². The van der Waals surface area contributed by atoms with Crippen LogP contribution in [0.1, 0.15) is 73.5 Å². The third-order valence-electron chi connectivity index (χ3n) is 8.97. The lowest BCUT2D eigenvalue weighted by molar-refractivity contribution is 0.0294. The Bertz CT molecular complexity index is 2000. The van der Waals surface area contributed by atoms with Crippen molar-refractivity contribution in [2.24, 2.45) is 7.05 Å². The number of aliphatic hydroxyl groups is 1. The molecular formula is C40H50N4O6. The Kier molecular flexibility index (Phi) is 11.2. The molecule has 0 radical (unpaired) electrons. The first kappa shape index (κ1) is 36.5. The van der Waals surface area contributed by atoms with Crippen molar-refractivity contribution < 1.29 is 28.9 Å². The van der Waals surface area contributed by atoms with Gasteiger partial charge in [0.05, 0.1) is 31.0 Å². The minimum Gasteiger partial charge on any atom is -0.493 e. The van der Waals surface area contributed by atoms with Crippen molar-refractivity contribution in [2.45, 2.75) is 79.6 Å². The molecule has 0 aliphatic rings. The van der Waals surface area contributed by atoms with E-state index in [1.165, 1.54) is 0 Å². The molecule has 0 fully saturated rings. The molecule has 10 heteroatoms. The number of aromatic nitrogens is 3. The van der Waals surface area contributed by atoms with Crippen molar-refractivity contribution in [3.63, 3.8) is 0 Å². The molecular weight excluding hydrogens is 632 g/mol. The number of benzene rings is 3. The molecule has 0 aliphatic heterocycles. The Hall–Kier alpha value is -4.83. The maximum atomic E-state index is 13.9. The molecule has 5 aromatic rings. The van der Waals surface area contributed by atoms with Gasteiger partial charge in [0, 0.05) is 54.8 Å². The molecule has 5 rings (SSSR count). The van der Waals surface area contributed by atoms with Crippen molar-refractivity contribution >= 4 is 33.7 Å². The summed E-state index contributed by atoms with van der Waals surface area (Å²) in [5, 5.41) is 18.1. The average molecular weight is 683 g/mol. The molecule has 1 amide bonds. The number of aryl methyl sites for hydroxylation is 4. The zero-order valence-electron chi connectivity index (χ0n) is 30.6. The summed E-state index contributed by atoms with van der Waals surface area (Å²) in [4.78, 5) is 28.3. The number of hydrogen-bond acceptors (Lipinski definition) is 7. The third kappa shape index (κ3) is 7.65. The van der Waals surface area contributed by atoms with Gasteiger partial charge >= 0.3 is 12.1 Å². The third-order valence-corrected chi connectivity index (χ3v) is 8.97. The maximum Gasteiger partial charge on any atom is 0.410 e. The SMILES string of the molecule is CCOC(=O)c1c(CCCOc2cccc3ccccc23)c2ccc(C)c(-c3c(CO)nn(C)c3C)c2n1CCCN(C)C(=O)OC(C)(C)C. The predicted octanol–water partition coefficient (Wildman–Crippen LogP) is 7.75. The fourth-order valence-corrected chi connectivity index (χ4v) is 6.61. The van der Waals surface area contributed by atoms with Gasteiger partial charge in [-0.15, -0.1) is 0 Å². The zero-order valence-corrected chi connectivity index (χ0v) is 30.6. The fourth-order valence-electron chi connectivity index (χ4n) is 6.61. The lowest BCUT2D eigenvalue weighted by atomic mass is 9.94. The summed E-state index contributed by atoms with van der Waals surface area (Å²) in [7, 11) is 3.59. The molecule has 0 unspecified atom stereocenters. The number of esters is 1. The molecule has 0 saturated heterocycles. The lowest BCUT2D eigenvalue weighted by Gasteiger charge is -2.25. The van der Waals surface area contributed by atoms with Crippen LogP contribution >= 0.6 is 0 Å². The van der Waals surface area contributed by atoms with Crippen LogP contribution in [0.3, 0.4) is 0 Å². The van der Waals surface area contributed by atoms with Gasteiger partial charge in [-0.1, -0.05) is 48.5 Å². The lowest BCUT2D eigenvalue weighted by Crippen LogP contribution is -2.35. The van der Waals surface area contributed by atoms with Crippen LogP contribution in [-0.2, 0) is 36.1 Å². The van der Waals surface area contributed by atoms with Gasteiger partial charge in [-0.25, -0.2) is 9.59 Å². The van der Waals surface area contributed by atoms with Crippen LogP contribution in [0.2, 0.25) is 0 Å². The largest absolute Gasteiger partial charge is 0.493 e. The number of carbonyl (C=O) groups is 2. The number of nitrogens with zero attached hydrogens (tertiary/aromatic N) is 4. The van der Waals surface area contributed by atoms with Gasteiger partial charge < -0.3 is 28.8 Å². The Morgan fingerprint density at radius 1 is 0.960 bits per heavy atom. The standard InChI is InChI=1S/C40H50N4O6/c1-9-48-38(46)37-30(18-13-24-49-33-19-12-16-28-15-10-11-17-29(28)33)31-21-20-26(2)34(35-27(3)43(8)41-32(35)25-45)36(31)44(37)23-14-22-42(7)39(47)50-40(4,5)6/h10-12,15-17,19-21,45H,9,13-14,18,22-25H2,1-8H3. The van der Waals surface area contributed by atoms with Crippen molar-refractivity contribution in [3.05, 3.63) is 82.8 Å². The van der Waals surface area contributed by atoms with E-state index < -0.39 is 17.7 Å². The monoisotopic (exact) mass is 682 g/mol. The van der Waals surface area contributed by atoms with Crippen LogP contribution in [0.15, 0.2) is 54.6 Å². The molecule has 2 aromatic heterocycles. The molecule has 50 heavy (non-hydrogen) atoms. The highest BCUT2D eigenvalue weighted by molar-refractivity contribution is 6.05. The number of hydrogen-bond donors (Lipinski definition) is 1. The Morgan fingerprint density at radius 3 is 2.42 bits per heavy atom. The highest BCUT2D eigenvalue weighted by Crippen LogP contribution is 2.40. The summed E-state index contributed by atoms with van der Waals surface area (Å²) in [6.07, 6.45) is 1.39. The summed E-state index contributed by atoms with van der Waals surface area (Å²) in [6, 6.07) is 18.3. The molecule has 0 atom stereocenters. The smallest absolute Gasteiger partial charge is 0.410 e. The zero-order chi connectivity index (χ0) is 36.2. The van der Waals surface area contributed by atoms with E-state index in [0.717, 1.165) is 55.4 Å². The van der Waals surface area contributed by atoms with Gasteiger partial charge in [0.2, 0.25) is 0 Å². The summed E-state index contributed by atoms with van der Waals surface area (Å²) in [6.45, 7) is 12.7. The summed E-state index contributed by atoms with van der Waals surface area (Å²) >= 11 is 0. The Morgan fingerprint density at radius 2 is 1.70 bits per heavy atom. The molecule has 0 spiro atoms. The van der Waals surface area contributed by atoms with Crippen LogP contribution in [-0.4, -0.2) is 68.8 Å². The first-order valence-electron chi connectivity index (χ1n) is 17.4. The molecule has 0 bridgehead atoms. The van der Waals surface area contributed by atoms with Crippen LogP contribution in [0.4, 0.5) is 4.79 Å². The van der Waals surface area contributed by atoms with Crippen molar-refractivity contribution in [1.82, 2.24) is 19.2 Å². The first-order valence-corrected chi connectivity index (χ1v) is 17.4. The number of fused-ring (bicyclic) bond motifs is 2. The second-order valence-electron chi connectivity index (χ2n) is 13.7. The topological polar surface area (TPSA) is 108 Å². The predicted molar refractivity (Wildman–Crippen MR) is 197 cm³/mol. The molecule has 266 valence electrons. The van der Waals surface area contributed by atoms with Gasteiger partial charge in [-0.2, -0.15) is 5.10 Å². The van der Waals surface area contributed by atoms with E-state index >= 15 is 0 Å². The normalized spacial score (nSPS) is 11.7. The number of aliphatic hydroxyl groups excluding tert-OH is 1. The maximum absolute atomic E-state index is 13.9. The number of rotatable bonds is 13. The van der Waals surface area contributed by atoms with Crippen LogP contribution < -0.4 is 4.74 Å². The number of ether oxygens (including phenoxy) is 3. The van der Waals surface area contributed by atoms with E-state index in [4.69, 9.17) is 14.2 Å². The molecule has 0 aliphatic carbocycles. The van der Waals surface area contributed by atoms with Crippen molar-refractivity contribution in [2.75, 3.05) is 26.8 Å². The van der Waals surface area contributed by atoms with Crippen LogP contribution in [0.5, 0.6) is 5.75 Å². The number of amides is 1. The van der Waals surface area contributed by atoms with Crippen molar-refractivity contribution in [3.8, 4) is 16.9 Å². The van der Waals surface area contributed by atoms with E-state index in [0.29, 0.717) is 50.3 Å². The van der Waals surface area contributed by atoms with E-state index in [1.54, 1.807) is 23.6 Å². The highest BCUT2D eigenvalue weighted by atomic mass is 16.6. The first-order chi connectivity index (χ1) is 23.9. The van der Waals surface area contributed by atoms with Gasteiger partial charge in [0.25, 0.3) is 0 Å². The van der Waals surface area contributed by atoms with E-state index in [2.05, 4.69) is 35.4 Å². The molecule has 0 saturated carbocycles. The molecule has 3 aromatic carbocycles. The van der Waals surface area contributed by atoms with Gasteiger partial charge in [0.15, 0.2) is 0 Å². The Balaban J connectivity index is 1.58. The highest BCUT2D eigenvalue weighted by Gasteiger charge is 2.29. The second kappa shape index (κ2) is 15.4. The van der Waals surface area contributed by atoms with Gasteiger partial charge in [-0.3, -0.25) is 4.68 Å². The average Bonchev–Trinajstić information content (AvgIpc) is 3.54. The Labute approximate surface area is 294 Å². The van der Waals surface area contributed by atoms with E-state index in [9.17, 15) is 14.7 Å². The van der Waals surface area contributed by atoms with Gasteiger partial charge in [0.1, 0.15) is 17.0 Å². The van der Waals surface area contributed by atoms with Crippen molar-refractivity contribution in [1.29, 1.82) is 0 Å². The minimum absolute atomic E-state index is 0.225. The molecule has 2 heterocycles. The number of carbonyl (C=O) groups excluding carboxylic acids is 2. The summed E-state index contributed by atoms with van der Waals surface area (Å²) < 4.78 is 21.4. The quantitative estimate of drug-likeness (QED) is 0.1000. The van der Waals surface area contributed by atoms with Gasteiger partial charge in [-0.05, 0) is 83.4 Å². The summed E-state index contributed by atoms with van der Waals surface area (Å²) in [5.74, 6) is 0.426. The van der Waals surface area contributed by atoms with E-state index in [-0.39, 0.29) is 13.2 Å². The second-order valence-corrected chi connectivity index (χ2v) is 13.7.